The van der Waals surface area contributed by atoms with Crippen molar-refractivity contribution in [2.45, 2.75) is 32.2 Å². The first kappa shape index (κ1) is 16.1. The van der Waals surface area contributed by atoms with Crippen LogP contribution in [0.4, 0.5) is 0 Å². The van der Waals surface area contributed by atoms with Crippen LogP contribution < -0.4 is 5.32 Å². The summed E-state index contributed by atoms with van der Waals surface area (Å²) in [5, 5.41) is 3.42. The van der Waals surface area contributed by atoms with Gasteiger partial charge in [0, 0.05) is 18.7 Å². The molecule has 2 amide bonds. The number of hydrogen-bond donors (Lipinski definition) is 1. The second kappa shape index (κ2) is 7.14. The molecule has 6 heteroatoms. The Morgan fingerprint density at radius 3 is 2.43 bits per heavy atom. The van der Waals surface area contributed by atoms with E-state index in [1.807, 2.05) is 4.90 Å². The number of nitrogens with zero attached hydrogens (tertiary/aromatic N) is 1. The summed E-state index contributed by atoms with van der Waals surface area (Å²) in [6.45, 7) is 3.24. The van der Waals surface area contributed by atoms with Gasteiger partial charge < -0.3 is 10.2 Å². The number of carbonyl (C=O) groups excluding carboxylic acids is 2. The van der Waals surface area contributed by atoms with Crippen LogP contribution in [-0.2, 0) is 4.79 Å². The van der Waals surface area contributed by atoms with E-state index in [-0.39, 0.29) is 11.8 Å². The highest BCUT2D eigenvalue weighted by Gasteiger charge is 2.23. The molecule has 21 heavy (non-hydrogen) atoms. The van der Waals surface area contributed by atoms with Gasteiger partial charge in [-0.1, -0.05) is 23.2 Å². The molecule has 4 nitrogen and oxygen atoms in total. The molecule has 1 aromatic rings. The number of benzene rings is 1. The minimum atomic E-state index is -0.551. The van der Waals surface area contributed by atoms with Gasteiger partial charge in [0.1, 0.15) is 6.04 Å². The molecule has 0 aliphatic carbocycles. The summed E-state index contributed by atoms with van der Waals surface area (Å²) in [5.74, 6) is -0.366. The average molecular weight is 329 g/mol. The van der Waals surface area contributed by atoms with Gasteiger partial charge in [-0.15, -0.1) is 0 Å². The van der Waals surface area contributed by atoms with Crippen LogP contribution in [0.15, 0.2) is 18.2 Å². The largest absolute Gasteiger partial charge is 0.341 e. The van der Waals surface area contributed by atoms with E-state index in [0.717, 1.165) is 32.4 Å². The Labute approximate surface area is 134 Å². The lowest BCUT2D eigenvalue weighted by Crippen LogP contribution is -2.48. The van der Waals surface area contributed by atoms with Crippen LogP contribution in [0.1, 0.15) is 36.5 Å². The van der Waals surface area contributed by atoms with Crippen molar-refractivity contribution >= 4 is 35.0 Å². The normalized spacial score (nSPS) is 16.4. The number of hydrogen-bond acceptors (Lipinski definition) is 2. The molecule has 1 unspecified atom stereocenters. The fourth-order valence-electron chi connectivity index (χ4n) is 2.37. The third-order valence-electron chi connectivity index (χ3n) is 3.57. The molecular weight excluding hydrogens is 311 g/mol. The van der Waals surface area contributed by atoms with Gasteiger partial charge in [-0.25, -0.2) is 0 Å². The Hall–Kier alpha value is -1.26. The Morgan fingerprint density at radius 1 is 1.14 bits per heavy atom. The van der Waals surface area contributed by atoms with Crippen LogP contribution in [0.2, 0.25) is 10.0 Å². The predicted octanol–water partition coefficient (Wildman–Crippen LogP) is 3.12. The van der Waals surface area contributed by atoms with Gasteiger partial charge in [0.05, 0.1) is 10.0 Å². The molecule has 1 heterocycles. The summed E-state index contributed by atoms with van der Waals surface area (Å²) in [4.78, 5) is 26.2. The second-order valence-corrected chi connectivity index (χ2v) is 6.02. The fraction of sp³-hybridized carbons (Fsp3) is 0.467. The molecule has 114 valence electrons. The van der Waals surface area contributed by atoms with Crippen LogP contribution in [0, 0.1) is 0 Å². The fourth-order valence-corrected chi connectivity index (χ4v) is 2.67. The van der Waals surface area contributed by atoms with E-state index in [2.05, 4.69) is 5.32 Å². The Bertz CT molecular complexity index is 542. The van der Waals surface area contributed by atoms with Gasteiger partial charge in [-0.2, -0.15) is 0 Å². The topological polar surface area (TPSA) is 49.4 Å². The van der Waals surface area contributed by atoms with Gasteiger partial charge >= 0.3 is 0 Å². The molecular formula is C15H18Cl2N2O2. The summed E-state index contributed by atoms with van der Waals surface area (Å²) in [6.07, 6.45) is 3.21. The third-order valence-corrected chi connectivity index (χ3v) is 4.31. The lowest BCUT2D eigenvalue weighted by atomic mass is 10.1. The van der Waals surface area contributed by atoms with Crippen molar-refractivity contribution in [2.24, 2.45) is 0 Å². The lowest BCUT2D eigenvalue weighted by Gasteiger charge is -2.29. The van der Waals surface area contributed by atoms with Crippen LogP contribution in [-0.4, -0.2) is 35.8 Å². The molecule has 0 aromatic heterocycles. The number of nitrogens with one attached hydrogen (secondary N) is 1. The smallest absolute Gasteiger partial charge is 0.251 e. The standard InChI is InChI=1S/C15H18Cl2N2O2/c1-10(15(21)19-7-3-2-4-8-19)18-14(20)11-5-6-12(16)13(17)9-11/h5-6,9-10H,2-4,7-8H2,1H3,(H,18,20). The van der Waals surface area contributed by atoms with E-state index in [4.69, 9.17) is 23.2 Å². The highest BCUT2D eigenvalue weighted by Crippen LogP contribution is 2.22. The Balaban J connectivity index is 1.97. The molecule has 1 atom stereocenters. The van der Waals surface area contributed by atoms with E-state index in [9.17, 15) is 9.59 Å². The molecule has 0 bridgehead atoms. The first-order valence-corrected chi connectivity index (χ1v) is 7.79. The Kier molecular flexibility index (Phi) is 5.48. The van der Waals surface area contributed by atoms with Gasteiger partial charge in [0.25, 0.3) is 5.91 Å². The van der Waals surface area contributed by atoms with Crippen LogP contribution in [0.3, 0.4) is 0 Å². The van der Waals surface area contributed by atoms with Gasteiger partial charge in [0.2, 0.25) is 5.91 Å². The van der Waals surface area contributed by atoms with Crippen molar-refractivity contribution < 1.29 is 9.59 Å². The van der Waals surface area contributed by atoms with Crippen molar-refractivity contribution in [1.29, 1.82) is 0 Å². The maximum absolute atomic E-state index is 12.2. The summed E-state index contributed by atoms with van der Waals surface area (Å²) in [5.41, 5.74) is 0.391. The zero-order valence-corrected chi connectivity index (χ0v) is 13.4. The molecule has 1 saturated heterocycles. The summed E-state index contributed by atoms with van der Waals surface area (Å²) in [7, 11) is 0. The number of amides is 2. The van der Waals surface area contributed by atoms with Crippen LogP contribution in [0.25, 0.3) is 0 Å². The predicted molar refractivity (Wildman–Crippen MR) is 83.8 cm³/mol. The third kappa shape index (κ3) is 4.11. The van der Waals surface area contributed by atoms with Crippen LogP contribution in [0.5, 0.6) is 0 Å². The van der Waals surface area contributed by atoms with Crippen molar-refractivity contribution in [1.82, 2.24) is 10.2 Å². The van der Waals surface area contributed by atoms with E-state index in [0.29, 0.717) is 15.6 Å². The van der Waals surface area contributed by atoms with Gasteiger partial charge in [-0.3, -0.25) is 9.59 Å². The van der Waals surface area contributed by atoms with Crippen molar-refractivity contribution in [3.05, 3.63) is 33.8 Å². The molecule has 0 spiro atoms. The molecule has 1 aliphatic heterocycles. The second-order valence-electron chi connectivity index (χ2n) is 5.21. The van der Waals surface area contributed by atoms with Crippen LogP contribution >= 0.6 is 23.2 Å². The van der Waals surface area contributed by atoms with Crippen molar-refractivity contribution in [3.63, 3.8) is 0 Å². The zero-order chi connectivity index (χ0) is 15.4. The van der Waals surface area contributed by atoms with Gasteiger partial charge in [0.15, 0.2) is 0 Å². The molecule has 1 aromatic carbocycles. The number of carbonyl (C=O) groups is 2. The highest BCUT2D eigenvalue weighted by atomic mass is 35.5. The summed E-state index contributed by atoms with van der Waals surface area (Å²) >= 11 is 11.7. The first-order chi connectivity index (χ1) is 9.99. The number of piperidine rings is 1. The zero-order valence-electron chi connectivity index (χ0n) is 11.9. The highest BCUT2D eigenvalue weighted by molar-refractivity contribution is 6.42. The molecule has 1 aliphatic rings. The van der Waals surface area contributed by atoms with Crippen molar-refractivity contribution in [2.75, 3.05) is 13.1 Å². The average Bonchev–Trinajstić information content (AvgIpc) is 2.50. The number of rotatable bonds is 3. The molecule has 0 saturated carbocycles. The SMILES string of the molecule is CC(NC(=O)c1ccc(Cl)c(Cl)c1)C(=O)N1CCCCC1. The van der Waals surface area contributed by atoms with E-state index in [1.165, 1.54) is 6.07 Å². The lowest BCUT2D eigenvalue weighted by molar-refractivity contribution is -0.133. The molecule has 2 rings (SSSR count). The van der Waals surface area contributed by atoms with E-state index in [1.54, 1.807) is 19.1 Å². The number of halogens is 2. The number of likely N-dealkylation sites (tertiary alicyclic amines) is 1. The maximum Gasteiger partial charge on any atom is 0.251 e. The molecule has 1 N–H and O–H groups in total. The van der Waals surface area contributed by atoms with Gasteiger partial charge in [-0.05, 0) is 44.4 Å². The van der Waals surface area contributed by atoms with E-state index < -0.39 is 6.04 Å². The monoisotopic (exact) mass is 328 g/mol. The minimum absolute atomic E-state index is 0.0388. The van der Waals surface area contributed by atoms with Crippen molar-refractivity contribution in [3.8, 4) is 0 Å². The molecule has 1 fully saturated rings. The summed E-state index contributed by atoms with van der Waals surface area (Å²) < 4.78 is 0. The quantitative estimate of drug-likeness (QED) is 0.926. The Morgan fingerprint density at radius 2 is 1.81 bits per heavy atom. The first-order valence-electron chi connectivity index (χ1n) is 7.04. The maximum atomic E-state index is 12.2. The minimum Gasteiger partial charge on any atom is -0.341 e. The molecule has 0 radical (unpaired) electrons. The summed E-state index contributed by atoms with van der Waals surface area (Å²) in [6, 6.07) is 4.10. The van der Waals surface area contributed by atoms with E-state index >= 15 is 0 Å².